The third-order valence-electron chi connectivity index (χ3n) is 4.89. The van der Waals surface area contributed by atoms with Crippen LogP contribution in [0.3, 0.4) is 0 Å². The van der Waals surface area contributed by atoms with Gasteiger partial charge in [0.1, 0.15) is 0 Å². The topological polar surface area (TPSA) is 18.5 Å². The zero-order chi connectivity index (χ0) is 14.7. The molecular weight excluding hydrogens is 282 g/mol. The van der Waals surface area contributed by atoms with E-state index >= 15 is 0 Å². The summed E-state index contributed by atoms with van der Waals surface area (Å²) in [5, 5.41) is 4.05. The smallest absolute Gasteiger partial charge is 0.0642 e. The van der Waals surface area contributed by atoms with E-state index < -0.39 is 0 Å². The van der Waals surface area contributed by atoms with Gasteiger partial charge < -0.3 is 10.2 Å². The standard InChI is InChI=1S/C17H26ClN3/c1-19-13-14-6-7-17(16(18)12-14)21-10-8-20(9-11-21)15-4-2-3-5-15/h6-7,12,15,19H,2-5,8-11,13H2,1H3. The van der Waals surface area contributed by atoms with Gasteiger partial charge in [-0.3, -0.25) is 4.90 Å². The first-order valence-electron chi connectivity index (χ1n) is 8.20. The predicted molar refractivity (Wildman–Crippen MR) is 90.3 cm³/mol. The third-order valence-corrected chi connectivity index (χ3v) is 5.19. The van der Waals surface area contributed by atoms with E-state index in [1.54, 1.807) is 0 Å². The van der Waals surface area contributed by atoms with Crippen LogP contribution in [0.2, 0.25) is 5.02 Å². The van der Waals surface area contributed by atoms with E-state index in [1.807, 2.05) is 7.05 Å². The second-order valence-corrected chi connectivity index (χ2v) is 6.68. The lowest BCUT2D eigenvalue weighted by Crippen LogP contribution is -2.49. The molecule has 2 fully saturated rings. The number of hydrogen-bond acceptors (Lipinski definition) is 3. The summed E-state index contributed by atoms with van der Waals surface area (Å²) in [6.45, 7) is 5.43. The van der Waals surface area contributed by atoms with E-state index in [0.29, 0.717) is 0 Å². The molecule has 1 aliphatic heterocycles. The number of halogens is 1. The minimum atomic E-state index is 0.848. The van der Waals surface area contributed by atoms with Crippen LogP contribution >= 0.6 is 11.6 Å². The molecule has 1 aromatic rings. The molecule has 3 nitrogen and oxygen atoms in total. The van der Waals surface area contributed by atoms with Crippen LogP contribution in [0.25, 0.3) is 0 Å². The quantitative estimate of drug-likeness (QED) is 0.922. The van der Waals surface area contributed by atoms with Crippen LogP contribution in [-0.4, -0.2) is 44.2 Å². The SMILES string of the molecule is CNCc1ccc(N2CCN(C3CCCC3)CC2)c(Cl)c1. The Hall–Kier alpha value is -0.770. The van der Waals surface area contributed by atoms with E-state index in [-0.39, 0.29) is 0 Å². The molecule has 1 N–H and O–H groups in total. The Kier molecular flexibility index (Phi) is 5.04. The van der Waals surface area contributed by atoms with Crippen molar-refractivity contribution in [2.75, 3.05) is 38.1 Å². The van der Waals surface area contributed by atoms with E-state index in [0.717, 1.165) is 30.7 Å². The molecule has 0 unspecified atom stereocenters. The van der Waals surface area contributed by atoms with E-state index in [1.165, 1.54) is 50.0 Å². The first-order valence-corrected chi connectivity index (χ1v) is 8.58. The summed E-state index contributed by atoms with van der Waals surface area (Å²) in [6, 6.07) is 7.30. The number of anilines is 1. The normalized spacial score (nSPS) is 21.1. The van der Waals surface area contributed by atoms with Gasteiger partial charge >= 0.3 is 0 Å². The molecule has 1 saturated carbocycles. The zero-order valence-electron chi connectivity index (χ0n) is 12.9. The Morgan fingerprint density at radius 2 is 1.86 bits per heavy atom. The Morgan fingerprint density at radius 3 is 2.48 bits per heavy atom. The molecule has 1 heterocycles. The van der Waals surface area contributed by atoms with Gasteiger partial charge in [0, 0.05) is 38.8 Å². The molecular formula is C17H26ClN3. The second kappa shape index (κ2) is 6.99. The zero-order valence-corrected chi connectivity index (χ0v) is 13.7. The Bertz CT molecular complexity index is 463. The highest BCUT2D eigenvalue weighted by molar-refractivity contribution is 6.33. The highest BCUT2D eigenvalue weighted by Crippen LogP contribution is 2.29. The fraction of sp³-hybridized carbons (Fsp3) is 0.647. The lowest BCUT2D eigenvalue weighted by Gasteiger charge is -2.39. The summed E-state index contributed by atoms with van der Waals surface area (Å²) in [4.78, 5) is 5.13. The molecule has 1 saturated heterocycles. The van der Waals surface area contributed by atoms with Gasteiger partial charge in [-0.1, -0.05) is 30.5 Å². The molecule has 0 aromatic heterocycles. The summed E-state index contributed by atoms with van der Waals surface area (Å²) in [7, 11) is 1.96. The van der Waals surface area contributed by atoms with E-state index in [4.69, 9.17) is 11.6 Å². The Balaban J connectivity index is 1.61. The first-order chi connectivity index (χ1) is 10.3. The van der Waals surface area contributed by atoms with Crippen LogP contribution in [-0.2, 0) is 6.54 Å². The van der Waals surface area contributed by atoms with Gasteiger partial charge in [-0.05, 0) is 37.6 Å². The van der Waals surface area contributed by atoms with Gasteiger partial charge in [0.05, 0.1) is 10.7 Å². The molecule has 1 aliphatic carbocycles. The number of nitrogens with zero attached hydrogens (tertiary/aromatic N) is 2. The highest BCUT2D eigenvalue weighted by Gasteiger charge is 2.26. The highest BCUT2D eigenvalue weighted by atomic mass is 35.5. The minimum Gasteiger partial charge on any atom is -0.368 e. The number of piperazine rings is 1. The number of rotatable bonds is 4. The molecule has 0 radical (unpaired) electrons. The maximum Gasteiger partial charge on any atom is 0.0642 e. The molecule has 3 rings (SSSR count). The minimum absolute atomic E-state index is 0.848. The van der Waals surface area contributed by atoms with Crippen molar-refractivity contribution in [3.8, 4) is 0 Å². The lowest BCUT2D eigenvalue weighted by molar-refractivity contribution is 0.187. The van der Waals surface area contributed by atoms with Crippen molar-refractivity contribution in [2.24, 2.45) is 0 Å². The third kappa shape index (κ3) is 3.53. The summed E-state index contributed by atoms with van der Waals surface area (Å²) in [5.41, 5.74) is 2.44. The Morgan fingerprint density at radius 1 is 1.14 bits per heavy atom. The number of hydrogen-bond donors (Lipinski definition) is 1. The number of nitrogens with one attached hydrogen (secondary N) is 1. The molecule has 4 heteroatoms. The van der Waals surface area contributed by atoms with E-state index in [2.05, 4.69) is 33.3 Å². The van der Waals surface area contributed by atoms with Gasteiger partial charge in [-0.25, -0.2) is 0 Å². The predicted octanol–water partition coefficient (Wildman–Crippen LogP) is 3.12. The summed E-state index contributed by atoms with van der Waals surface area (Å²) >= 11 is 6.48. The van der Waals surface area contributed by atoms with Crippen molar-refractivity contribution in [1.29, 1.82) is 0 Å². The van der Waals surface area contributed by atoms with Crippen LogP contribution in [0, 0.1) is 0 Å². The lowest BCUT2D eigenvalue weighted by atomic mass is 10.1. The average Bonchev–Trinajstić information content (AvgIpc) is 3.02. The molecule has 0 bridgehead atoms. The van der Waals surface area contributed by atoms with Crippen molar-refractivity contribution in [3.63, 3.8) is 0 Å². The van der Waals surface area contributed by atoms with Crippen LogP contribution in [0.5, 0.6) is 0 Å². The maximum atomic E-state index is 6.48. The molecule has 0 spiro atoms. The Labute approximate surface area is 133 Å². The largest absolute Gasteiger partial charge is 0.368 e. The van der Waals surface area contributed by atoms with Gasteiger partial charge in [0.15, 0.2) is 0 Å². The summed E-state index contributed by atoms with van der Waals surface area (Å²) in [6.07, 6.45) is 5.65. The van der Waals surface area contributed by atoms with Crippen LogP contribution in [0.15, 0.2) is 18.2 Å². The molecule has 0 atom stereocenters. The van der Waals surface area contributed by atoms with Crippen molar-refractivity contribution in [3.05, 3.63) is 28.8 Å². The van der Waals surface area contributed by atoms with E-state index in [9.17, 15) is 0 Å². The van der Waals surface area contributed by atoms with Gasteiger partial charge in [0.2, 0.25) is 0 Å². The van der Waals surface area contributed by atoms with Crippen molar-refractivity contribution >= 4 is 17.3 Å². The fourth-order valence-electron chi connectivity index (χ4n) is 3.72. The van der Waals surface area contributed by atoms with Crippen LogP contribution < -0.4 is 10.2 Å². The molecule has 21 heavy (non-hydrogen) atoms. The monoisotopic (exact) mass is 307 g/mol. The number of benzene rings is 1. The van der Waals surface area contributed by atoms with Crippen molar-refractivity contribution < 1.29 is 0 Å². The van der Waals surface area contributed by atoms with Gasteiger partial charge in [-0.2, -0.15) is 0 Å². The van der Waals surface area contributed by atoms with Crippen molar-refractivity contribution in [2.45, 2.75) is 38.3 Å². The van der Waals surface area contributed by atoms with Gasteiger partial charge in [-0.15, -0.1) is 0 Å². The van der Waals surface area contributed by atoms with Crippen LogP contribution in [0.4, 0.5) is 5.69 Å². The first kappa shape index (κ1) is 15.1. The molecule has 0 amide bonds. The molecule has 2 aliphatic rings. The van der Waals surface area contributed by atoms with Crippen LogP contribution in [0.1, 0.15) is 31.2 Å². The summed E-state index contributed by atoms with van der Waals surface area (Å²) in [5.74, 6) is 0. The average molecular weight is 308 g/mol. The summed E-state index contributed by atoms with van der Waals surface area (Å²) < 4.78 is 0. The van der Waals surface area contributed by atoms with Crippen molar-refractivity contribution in [1.82, 2.24) is 10.2 Å². The second-order valence-electron chi connectivity index (χ2n) is 6.28. The van der Waals surface area contributed by atoms with Gasteiger partial charge in [0.25, 0.3) is 0 Å². The molecule has 116 valence electrons. The maximum absolute atomic E-state index is 6.48. The fourth-order valence-corrected chi connectivity index (χ4v) is 4.04. The molecule has 1 aromatic carbocycles.